The van der Waals surface area contributed by atoms with E-state index in [9.17, 15) is 14.0 Å². The van der Waals surface area contributed by atoms with E-state index in [1.54, 1.807) is 0 Å². The minimum absolute atomic E-state index is 0.000306. The first kappa shape index (κ1) is 25.5. The molecule has 1 N–H and O–H groups in total. The summed E-state index contributed by atoms with van der Waals surface area (Å²) in [6.45, 7) is 2.07. The van der Waals surface area contributed by atoms with Gasteiger partial charge in [0.05, 0.1) is 25.5 Å². The molecule has 2 unspecified atom stereocenters. The summed E-state index contributed by atoms with van der Waals surface area (Å²) in [6.07, 6.45) is 1.75. The molecule has 2 aromatic carbocycles. The maximum atomic E-state index is 13.9. The number of rotatable bonds is 8. The Morgan fingerprint density at radius 2 is 1.56 bits per heavy atom. The van der Waals surface area contributed by atoms with Gasteiger partial charge in [-0.1, -0.05) is 60.7 Å². The van der Waals surface area contributed by atoms with E-state index >= 15 is 0 Å². The lowest BCUT2D eigenvalue weighted by atomic mass is 10.2. The van der Waals surface area contributed by atoms with E-state index in [0.29, 0.717) is 13.0 Å². The van der Waals surface area contributed by atoms with Crippen molar-refractivity contribution in [3.63, 3.8) is 0 Å². The van der Waals surface area contributed by atoms with E-state index in [1.807, 2.05) is 67.6 Å². The molecule has 2 atom stereocenters. The SMILES string of the molecule is CC1CCC(n2cc(F)c(=O)n(COCc3ccccc3)c2=O)O1.OCOCc1ccccc1. The topological polar surface area (TPSA) is 91.9 Å². The minimum atomic E-state index is -0.999. The van der Waals surface area contributed by atoms with Crippen LogP contribution in [0.1, 0.15) is 37.1 Å². The predicted molar refractivity (Wildman–Crippen MR) is 123 cm³/mol. The van der Waals surface area contributed by atoms with Crippen molar-refractivity contribution < 1.29 is 23.7 Å². The summed E-state index contributed by atoms with van der Waals surface area (Å²) < 4.78 is 31.6. The molecule has 3 aromatic rings. The van der Waals surface area contributed by atoms with Crippen LogP contribution in [-0.2, 0) is 34.2 Å². The molecule has 34 heavy (non-hydrogen) atoms. The highest BCUT2D eigenvalue weighted by atomic mass is 19.1. The monoisotopic (exact) mass is 472 g/mol. The first-order chi connectivity index (χ1) is 16.5. The van der Waals surface area contributed by atoms with Gasteiger partial charge in [-0.3, -0.25) is 9.36 Å². The molecule has 9 heteroatoms. The lowest BCUT2D eigenvalue weighted by Crippen LogP contribution is -2.43. The Morgan fingerprint density at radius 1 is 0.971 bits per heavy atom. The maximum absolute atomic E-state index is 13.9. The van der Waals surface area contributed by atoms with Gasteiger partial charge in [-0.2, -0.15) is 4.39 Å². The normalized spacial score (nSPS) is 17.3. The standard InChI is InChI=1S/C17H19FN2O4.C8H10O2/c1-12-7-8-15(24-12)19-9-14(18)16(21)20(17(19)22)11-23-10-13-5-3-2-4-6-13;9-7-10-6-8-4-2-1-3-5-8/h2-6,9,12,15H,7-8,10-11H2,1H3;1-5,9H,6-7H2. The minimum Gasteiger partial charge on any atom is -0.371 e. The molecule has 8 nitrogen and oxygen atoms in total. The highest BCUT2D eigenvalue weighted by Crippen LogP contribution is 2.26. The molecule has 182 valence electrons. The zero-order chi connectivity index (χ0) is 24.3. The molecule has 0 spiro atoms. The Morgan fingerprint density at radius 3 is 2.09 bits per heavy atom. The quantitative estimate of drug-likeness (QED) is 0.507. The zero-order valence-electron chi connectivity index (χ0n) is 19.0. The van der Waals surface area contributed by atoms with Gasteiger partial charge in [0.15, 0.2) is 0 Å². The number of aliphatic hydroxyl groups is 1. The number of benzene rings is 2. The summed E-state index contributed by atoms with van der Waals surface area (Å²) in [5.74, 6) is -0.999. The first-order valence-electron chi connectivity index (χ1n) is 11.0. The third-order valence-electron chi connectivity index (χ3n) is 5.21. The van der Waals surface area contributed by atoms with Gasteiger partial charge < -0.3 is 19.3 Å². The molecule has 1 saturated heterocycles. The molecule has 1 fully saturated rings. The van der Waals surface area contributed by atoms with Crippen molar-refractivity contribution in [2.75, 3.05) is 6.79 Å². The molecule has 0 amide bonds. The van der Waals surface area contributed by atoms with Gasteiger partial charge in [-0.25, -0.2) is 9.36 Å². The van der Waals surface area contributed by atoms with Crippen LogP contribution in [0.3, 0.4) is 0 Å². The van der Waals surface area contributed by atoms with Crippen LogP contribution in [0.5, 0.6) is 0 Å². The van der Waals surface area contributed by atoms with Gasteiger partial charge in [0.25, 0.3) is 5.56 Å². The fraction of sp³-hybridized carbons (Fsp3) is 0.360. The van der Waals surface area contributed by atoms with Gasteiger partial charge in [0.2, 0.25) is 5.82 Å². The van der Waals surface area contributed by atoms with Crippen LogP contribution in [0.25, 0.3) is 0 Å². The highest BCUT2D eigenvalue weighted by Gasteiger charge is 2.26. The van der Waals surface area contributed by atoms with E-state index in [-0.39, 0.29) is 26.2 Å². The lowest BCUT2D eigenvalue weighted by Gasteiger charge is -2.16. The Labute approximate surface area is 196 Å². The Balaban J connectivity index is 0.000000271. The maximum Gasteiger partial charge on any atom is 0.335 e. The molecule has 0 radical (unpaired) electrons. The molecular formula is C25H29FN2O6. The van der Waals surface area contributed by atoms with Crippen molar-refractivity contribution in [1.82, 2.24) is 9.13 Å². The van der Waals surface area contributed by atoms with Gasteiger partial charge >= 0.3 is 5.69 Å². The third kappa shape index (κ3) is 7.19. The van der Waals surface area contributed by atoms with E-state index < -0.39 is 23.3 Å². The number of aromatic nitrogens is 2. The second-order valence-corrected chi connectivity index (χ2v) is 7.81. The summed E-state index contributed by atoms with van der Waals surface area (Å²) in [5, 5.41) is 8.31. The Kier molecular flexibility index (Phi) is 9.72. The van der Waals surface area contributed by atoms with Gasteiger partial charge in [-0.05, 0) is 30.9 Å². The van der Waals surface area contributed by atoms with Gasteiger partial charge in [0, 0.05) is 0 Å². The smallest absolute Gasteiger partial charge is 0.335 e. The van der Waals surface area contributed by atoms with E-state index in [2.05, 4.69) is 0 Å². The number of halogens is 1. The van der Waals surface area contributed by atoms with Crippen molar-refractivity contribution in [2.24, 2.45) is 0 Å². The number of hydrogen-bond acceptors (Lipinski definition) is 6. The van der Waals surface area contributed by atoms with E-state index in [1.165, 1.54) is 0 Å². The molecule has 0 saturated carbocycles. The number of aliphatic hydroxyl groups excluding tert-OH is 1. The number of ether oxygens (including phenoxy) is 3. The molecule has 1 aliphatic heterocycles. The molecule has 1 aromatic heterocycles. The van der Waals surface area contributed by atoms with Crippen molar-refractivity contribution in [3.8, 4) is 0 Å². The van der Waals surface area contributed by atoms with Crippen molar-refractivity contribution in [1.29, 1.82) is 0 Å². The lowest BCUT2D eigenvalue weighted by molar-refractivity contribution is -0.0112. The summed E-state index contributed by atoms with van der Waals surface area (Å²) in [7, 11) is 0. The molecule has 0 bridgehead atoms. The zero-order valence-corrected chi connectivity index (χ0v) is 19.0. The fourth-order valence-electron chi connectivity index (χ4n) is 3.46. The number of hydrogen-bond donors (Lipinski definition) is 1. The van der Waals surface area contributed by atoms with E-state index in [0.717, 1.165) is 32.9 Å². The highest BCUT2D eigenvalue weighted by molar-refractivity contribution is 5.14. The van der Waals surface area contributed by atoms with Crippen LogP contribution in [0, 0.1) is 5.82 Å². The van der Waals surface area contributed by atoms with Crippen LogP contribution < -0.4 is 11.2 Å². The first-order valence-corrected chi connectivity index (χ1v) is 11.0. The van der Waals surface area contributed by atoms with Crippen molar-refractivity contribution in [3.05, 3.63) is 105 Å². The summed E-state index contributed by atoms with van der Waals surface area (Å²) in [4.78, 5) is 24.4. The van der Waals surface area contributed by atoms with Crippen LogP contribution in [-0.4, -0.2) is 27.1 Å². The van der Waals surface area contributed by atoms with Crippen molar-refractivity contribution in [2.45, 2.75) is 52.0 Å². The second-order valence-electron chi connectivity index (χ2n) is 7.81. The molecule has 4 rings (SSSR count). The summed E-state index contributed by atoms with van der Waals surface area (Å²) in [6, 6.07) is 19.1. The summed E-state index contributed by atoms with van der Waals surface area (Å²) >= 11 is 0. The van der Waals surface area contributed by atoms with Crippen LogP contribution in [0.4, 0.5) is 4.39 Å². The van der Waals surface area contributed by atoms with Crippen LogP contribution in [0.2, 0.25) is 0 Å². The fourth-order valence-corrected chi connectivity index (χ4v) is 3.46. The van der Waals surface area contributed by atoms with E-state index in [4.69, 9.17) is 19.3 Å². The molecule has 2 heterocycles. The van der Waals surface area contributed by atoms with Crippen molar-refractivity contribution >= 4 is 0 Å². The average Bonchev–Trinajstić information content (AvgIpc) is 3.30. The predicted octanol–water partition coefficient (Wildman–Crippen LogP) is 3.17. The van der Waals surface area contributed by atoms with Crippen LogP contribution in [0.15, 0.2) is 76.4 Å². The average molecular weight is 473 g/mol. The number of nitrogens with zero attached hydrogens (tertiary/aromatic N) is 2. The third-order valence-corrected chi connectivity index (χ3v) is 5.21. The molecule has 0 aliphatic carbocycles. The second kappa shape index (κ2) is 13.0. The van der Waals surface area contributed by atoms with Gasteiger partial charge in [0.1, 0.15) is 19.8 Å². The Bertz CT molecular complexity index is 1130. The molecular weight excluding hydrogens is 443 g/mol. The summed E-state index contributed by atoms with van der Waals surface area (Å²) in [5.41, 5.74) is 0.357. The van der Waals surface area contributed by atoms with Crippen LogP contribution >= 0.6 is 0 Å². The Hall–Kier alpha value is -3.11. The molecule has 1 aliphatic rings. The van der Waals surface area contributed by atoms with Gasteiger partial charge in [-0.15, -0.1) is 0 Å². The largest absolute Gasteiger partial charge is 0.371 e.